The molecule has 0 bridgehead atoms. The van der Waals surface area contributed by atoms with Gasteiger partial charge in [-0.25, -0.2) is 8.42 Å². The molecule has 2 rings (SSSR count). The van der Waals surface area contributed by atoms with Crippen LogP contribution in [0.5, 0.6) is 0 Å². The number of hydrogen-bond acceptors (Lipinski definition) is 3. The van der Waals surface area contributed by atoms with Gasteiger partial charge in [-0.1, -0.05) is 12.8 Å². The third kappa shape index (κ3) is 3.20. The molecule has 1 heterocycles. The van der Waals surface area contributed by atoms with Crippen LogP contribution in [-0.2, 0) is 9.84 Å². The monoisotopic (exact) mass is 245 g/mol. The summed E-state index contributed by atoms with van der Waals surface area (Å²) in [6.45, 7) is 3.14. The van der Waals surface area contributed by atoms with Gasteiger partial charge in [0, 0.05) is 6.04 Å². The zero-order valence-corrected chi connectivity index (χ0v) is 10.9. The second-order valence-corrected chi connectivity index (χ2v) is 7.74. The van der Waals surface area contributed by atoms with Gasteiger partial charge in [-0.05, 0) is 44.6 Å². The van der Waals surface area contributed by atoms with Crippen LogP contribution in [0.25, 0.3) is 0 Å². The number of hydrogen-bond donors (Lipinski definition) is 1. The lowest BCUT2D eigenvalue weighted by molar-refractivity contribution is 0.360. The second-order valence-electron chi connectivity index (χ2n) is 5.51. The van der Waals surface area contributed by atoms with Gasteiger partial charge in [0.1, 0.15) is 0 Å². The lowest BCUT2D eigenvalue weighted by Gasteiger charge is -2.22. The van der Waals surface area contributed by atoms with Crippen molar-refractivity contribution in [1.29, 1.82) is 0 Å². The molecule has 0 amide bonds. The van der Waals surface area contributed by atoms with Gasteiger partial charge in [-0.3, -0.25) is 0 Å². The molecule has 0 aromatic rings. The summed E-state index contributed by atoms with van der Waals surface area (Å²) in [5, 5.41) is 3.54. The lowest BCUT2D eigenvalue weighted by Crippen LogP contribution is -2.36. The Labute approximate surface area is 98.9 Å². The summed E-state index contributed by atoms with van der Waals surface area (Å²) in [5.41, 5.74) is 0. The molecular weight excluding hydrogens is 222 g/mol. The highest BCUT2D eigenvalue weighted by Gasteiger charge is 2.28. The van der Waals surface area contributed by atoms with Crippen LogP contribution in [0.15, 0.2) is 0 Å². The van der Waals surface area contributed by atoms with Crippen LogP contribution in [-0.4, -0.2) is 32.5 Å². The van der Waals surface area contributed by atoms with Gasteiger partial charge in [-0.2, -0.15) is 0 Å². The molecule has 16 heavy (non-hydrogen) atoms. The fraction of sp³-hybridized carbons (Fsp3) is 1.00. The average molecular weight is 245 g/mol. The Bertz CT molecular complexity index is 320. The normalized spacial score (nSPS) is 31.9. The third-order valence-corrected chi connectivity index (χ3v) is 6.00. The molecule has 1 aliphatic heterocycles. The predicted molar refractivity (Wildman–Crippen MR) is 66.2 cm³/mol. The lowest BCUT2D eigenvalue weighted by atomic mass is 9.99. The van der Waals surface area contributed by atoms with Crippen LogP contribution in [0.2, 0.25) is 0 Å². The highest BCUT2D eigenvalue weighted by atomic mass is 32.2. The van der Waals surface area contributed by atoms with E-state index in [1.54, 1.807) is 0 Å². The van der Waals surface area contributed by atoms with Crippen molar-refractivity contribution < 1.29 is 8.42 Å². The Morgan fingerprint density at radius 2 is 1.94 bits per heavy atom. The van der Waals surface area contributed by atoms with Crippen LogP contribution in [0.3, 0.4) is 0 Å². The summed E-state index contributed by atoms with van der Waals surface area (Å²) >= 11 is 0. The van der Waals surface area contributed by atoms with Gasteiger partial charge in [0.15, 0.2) is 9.84 Å². The van der Waals surface area contributed by atoms with Gasteiger partial charge in [-0.15, -0.1) is 0 Å². The van der Waals surface area contributed by atoms with Gasteiger partial charge in [0.2, 0.25) is 0 Å². The molecule has 0 aromatic heterocycles. The molecule has 0 aromatic carbocycles. The summed E-state index contributed by atoms with van der Waals surface area (Å²) < 4.78 is 22.6. The maximum Gasteiger partial charge on any atom is 0.150 e. The molecule has 0 radical (unpaired) electrons. The van der Waals surface area contributed by atoms with Crippen LogP contribution in [0.1, 0.15) is 39.0 Å². The van der Waals surface area contributed by atoms with Gasteiger partial charge in [0.05, 0.1) is 11.5 Å². The molecular formula is C12H23NO2S. The molecule has 2 unspecified atom stereocenters. The molecule has 4 heteroatoms. The Morgan fingerprint density at radius 3 is 2.50 bits per heavy atom. The number of nitrogens with one attached hydrogen (secondary N) is 1. The number of rotatable bonds is 4. The average Bonchev–Trinajstić information content (AvgIpc) is 2.83. The molecule has 1 saturated carbocycles. The fourth-order valence-electron chi connectivity index (χ4n) is 3.01. The zero-order valence-electron chi connectivity index (χ0n) is 10.1. The highest BCUT2D eigenvalue weighted by molar-refractivity contribution is 7.91. The third-order valence-electron chi connectivity index (χ3n) is 4.16. The Hall–Kier alpha value is -0.0900. The minimum atomic E-state index is -2.70. The van der Waals surface area contributed by atoms with Gasteiger partial charge in [0.25, 0.3) is 0 Å². The molecule has 2 aliphatic rings. The SMILES string of the molecule is CC(NCC1CCS(=O)(=O)C1)C1CCCC1. The van der Waals surface area contributed by atoms with Crippen molar-refractivity contribution in [1.82, 2.24) is 5.32 Å². The van der Waals surface area contributed by atoms with Gasteiger partial charge >= 0.3 is 0 Å². The molecule has 1 N–H and O–H groups in total. The first-order valence-electron chi connectivity index (χ1n) is 6.50. The van der Waals surface area contributed by atoms with Crippen molar-refractivity contribution in [3.63, 3.8) is 0 Å². The second kappa shape index (κ2) is 5.05. The van der Waals surface area contributed by atoms with Gasteiger partial charge < -0.3 is 5.32 Å². The molecule has 2 fully saturated rings. The highest BCUT2D eigenvalue weighted by Crippen LogP contribution is 2.27. The largest absolute Gasteiger partial charge is 0.314 e. The Balaban J connectivity index is 1.71. The van der Waals surface area contributed by atoms with E-state index in [1.165, 1.54) is 25.7 Å². The van der Waals surface area contributed by atoms with Crippen LogP contribution in [0, 0.1) is 11.8 Å². The first-order chi connectivity index (χ1) is 7.57. The van der Waals surface area contributed by atoms with E-state index in [-0.39, 0.29) is 0 Å². The van der Waals surface area contributed by atoms with Crippen LogP contribution >= 0.6 is 0 Å². The van der Waals surface area contributed by atoms with E-state index in [9.17, 15) is 8.42 Å². The minimum Gasteiger partial charge on any atom is -0.314 e. The standard InChI is InChI=1S/C12H23NO2S/c1-10(12-4-2-3-5-12)13-8-11-6-7-16(14,15)9-11/h10-13H,2-9H2,1H3. The van der Waals surface area contributed by atoms with Crippen LogP contribution < -0.4 is 5.32 Å². The molecule has 1 aliphatic carbocycles. The fourth-order valence-corrected chi connectivity index (χ4v) is 4.87. The zero-order chi connectivity index (χ0) is 11.6. The Morgan fingerprint density at radius 1 is 1.25 bits per heavy atom. The molecule has 1 saturated heterocycles. The quantitative estimate of drug-likeness (QED) is 0.818. The maximum absolute atomic E-state index is 11.3. The summed E-state index contributed by atoms with van der Waals surface area (Å²) in [6, 6.07) is 0.561. The molecule has 2 atom stereocenters. The Kier molecular flexibility index (Phi) is 3.90. The molecule has 0 spiro atoms. The maximum atomic E-state index is 11.3. The summed E-state index contributed by atoms with van der Waals surface area (Å²) in [6.07, 6.45) is 6.28. The van der Waals surface area contributed by atoms with Crippen molar-refractivity contribution in [2.75, 3.05) is 18.1 Å². The van der Waals surface area contributed by atoms with E-state index in [4.69, 9.17) is 0 Å². The minimum absolute atomic E-state index is 0.355. The van der Waals surface area contributed by atoms with Crippen LogP contribution in [0.4, 0.5) is 0 Å². The van der Waals surface area contributed by atoms with E-state index < -0.39 is 9.84 Å². The van der Waals surface area contributed by atoms with E-state index in [1.807, 2.05) is 0 Å². The topological polar surface area (TPSA) is 46.2 Å². The van der Waals surface area contributed by atoms with E-state index in [2.05, 4.69) is 12.2 Å². The predicted octanol–water partition coefficient (Wildman–Crippen LogP) is 1.59. The van der Waals surface area contributed by atoms with Crippen molar-refractivity contribution in [2.24, 2.45) is 11.8 Å². The summed E-state index contributed by atoms with van der Waals surface area (Å²) in [4.78, 5) is 0. The molecule has 3 nitrogen and oxygen atoms in total. The molecule has 94 valence electrons. The van der Waals surface area contributed by atoms with Crippen molar-refractivity contribution in [3.8, 4) is 0 Å². The summed E-state index contributed by atoms with van der Waals surface area (Å²) in [7, 11) is -2.70. The van der Waals surface area contributed by atoms with Crippen molar-refractivity contribution >= 4 is 9.84 Å². The summed E-state index contributed by atoms with van der Waals surface area (Å²) in [5.74, 6) is 1.97. The first kappa shape index (κ1) is 12.4. The first-order valence-corrected chi connectivity index (χ1v) is 8.33. The smallest absolute Gasteiger partial charge is 0.150 e. The number of sulfone groups is 1. The van der Waals surface area contributed by atoms with Crippen molar-refractivity contribution in [3.05, 3.63) is 0 Å². The van der Waals surface area contributed by atoms with Crippen molar-refractivity contribution in [2.45, 2.75) is 45.1 Å². The van der Waals surface area contributed by atoms with E-state index in [0.717, 1.165) is 18.9 Å². The van der Waals surface area contributed by atoms with E-state index in [0.29, 0.717) is 23.5 Å². The van der Waals surface area contributed by atoms with E-state index >= 15 is 0 Å².